The average molecular weight is 413 g/mol. The molecule has 0 fully saturated rings. The first kappa shape index (κ1) is 21.3. The molecular formula is C19H22ClFN2O3S. The fourth-order valence-corrected chi connectivity index (χ4v) is 4.17. The number of carbonyl (C=O) groups is 1. The number of nitrogens with zero attached hydrogens (tertiary/aromatic N) is 1. The van der Waals surface area contributed by atoms with Gasteiger partial charge in [-0.1, -0.05) is 55.8 Å². The van der Waals surface area contributed by atoms with Crippen LogP contribution in [0.3, 0.4) is 0 Å². The lowest BCUT2D eigenvalue weighted by Gasteiger charge is -2.27. The summed E-state index contributed by atoms with van der Waals surface area (Å²) in [5.74, 6) is -1.64. The number of hydrogen-bond donors (Lipinski definition) is 1. The molecule has 0 aliphatic rings. The van der Waals surface area contributed by atoms with Gasteiger partial charge in [-0.2, -0.15) is 4.72 Å². The second-order valence-electron chi connectivity index (χ2n) is 6.56. The summed E-state index contributed by atoms with van der Waals surface area (Å²) in [4.78, 5) is 13.8. The molecule has 1 atom stereocenters. The van der Waals surface area contributed by atoms with Gasteiger partial charge in [0.05, 0.1) is 0 Å². The van der Waals surface area contributed by atoms with Gasteiger partial charge in [-0.3, -0.25) is 4.79 Å². The molecule has 0 aliphatic heterocycles. The zero-order valence-corrected chi connectivity index (χ0v) is 16.9. The van der Waals surface area contributed by atoms with E-state index in [4.69, 9.17) is 11.6 Å². The van der Waals surface area contributed by atoms with Crippen LogP contribution >= 0.6 is 11.6 Å². The molecule has 2 rings (SSSR count). The van der Waals surface area contributed by atoms with Crippen LogP contribution in [0.1, 0.15) is 19.4 Å². The third-order valence-electron chi connectivity index (χ3n) is 4.08. The Balaban J connectivity index is 2.22. The van der Waals surface area contributed by atoms with Crippen LogP contribution in [0.15, 0.2) is 53.4 Å². The minimum Gasteiger partial charge on any atom is -0.340 e. The predicted octanol–water partition coefficient (Wildman–Crippen LogP) is 3.44. The molecule has 8 heteroatoms. The average Bonchev–Trinajstić information content (AvgIpc) is 2.61. The number of rotatable bonds is 7. The van der Waals surface area contributed by atoms with Gasteiger partial charge < -0.3 is 4.90 Å². The lowest BCUT2D eigenvalue weighted by molar-refractivity contribution is -0.133. The highest BCUT2D eigenvalue weighted by Crippen LogP contribution is 2.19. The van der Waals surface area contributed by atoms with Gasteiger partial charge in [-0.15, -0.1) is 0 Å². The van der Waals surface area contributed by atoms with Crippen LogP contribution in [0.2, 0.25) is 5.02 Å². The molecule has 0 heterocycles. The Labute approximate surface area is 164 Å². The van der Waals surface area contributed by atoms with E-state index >= 15 is 0 Å². The van der Waals surface area contributed by atoms with Gasteiger partial charge in [-0.05, 0) is 29.7 Å². The van der Waals surface area contributed by atoms with Crippen molar-refractivity contribution in [1.82, 2.24) is 9.62 Å². The molecule has 0 spiro atoms. The Hall–Kier alpha value is -1.96. The zero-order valence-electron chi connectivity index (χ0n) is 15.3. The summed E-state index contributed by atoms with van der Waals surface area (Å²) >= 11 is 6.13. The van der Waals surface area contributed by atoms with Gasteiger partial charge in [0.15, 0.2) is 0 Å². The number of benzene rings is 2. The summed E-state index contributed by atoms with van der Waals surface area (Å²) in [6.07, 6.45) is 0. The van der Waals surface area contributed by atoms with Gasteiger partial charge in [0.2, 0.25) is 15.9 Å². The van der Waals surface area contributed by atoms with Gasteiger partial charge in [0.1, 0.15) is 16.8 Å². The monoisotopic (exact) mass is 412 g/mol. The van der Waals surface area contributed by atoms with Gasteiger partial charge in [0.25, 0.3) is 0 Å². The van der Waals surface area contributed by atoms with Crippen LogP contribution in [0.4, 0.5) is 4.39 Å². The van der Waals surface area contributed by atoms with E-state index < -0.39 is 32.7 Å². The highest BCUT2D eigenvalue weighted by Gasteiger charge is 2.31. The van der Waals surface area contributed by atoms with Crippen LogP contribution in [0.25, 0.3) is 0 Å². The van der Waals surface area contributed by atoms with E-state index in [0.29, 0.717) is 5.02 Å². The lowest BCUT2D eigenvalue weighted by Crippen LogP contribution is -2.50. The third kappa shape index (κ3) is 5.28. The zero-order chi connectivity index (χ0) is 20.2. The Morgan fingerprint density at radius 2 is 1.74 bits per heavy atom. The van der Waals surface area contributed by atoms with E-state index in [2.05, 4.69) is 4.72 Å². The number of carbonyl (C=O) groups excluding carboxylic acids is 1. The standard InChI is InChI=1S/C19H22ClFN2O3S/c1-13(2)18(22-27(25,26)17-11-7-6-10-16(17)21)19(24)23(3)12-14-8-4-5-9-15(14)20/h4-11,13,18,22H,12H2,1-3H3. The van der Waals surface area contributed by atoms with Gasteiger partial charge in [0, 0.05) is 18.6 Å². The smallest absolute Gasteiger partial charge is 0.244 e. The first-order valence-corrected chi connectivity index (χ1v) is 10.2. The first-order chi connectivity index (χ1) is 12.6. The Kier molecular flexibility index (Phi) is 6.97. The van der Waals surface area contributed by atoms with E-state index in [1.807, 2.05) is 0 Å². The number of nitrogens with one attached hydrogen (secondary N) is 1. The van der Waals surface area contributed by atoms with Crippen molar-refractivity contribution in [2.45, 2.75) is 31.3 Å². The second kappa shape index (κ2) is 8.82. The largest absolute Gasteiger partial charge is 0.340 e. The summed E-state index contributed by atoms with van der Waals surface area (Å²) < 4.78 is 41.4. The third-order valence-corrected chi connectivity index (χ3v) is 5.93. The van der Waals surface area contributed by atoms with Crippen molar-refractivity contribution in [1.29, 1.82) is 0 Å². The highest BCUT2D eigenvalue weighted by atomic mass is 35.5. The number of sulfonamides is 1. The van der Waals surface area contributed by atoms with E-state index in [-0.39, 0.29) is 12.5 Å². The fourth-order valence-electron chi connectivity index (χ4n) is 2.56. The van der Waals surface area contributed by atoms with Crippen LogP contribution in [-0.2, 0) is 21.4 Å². The molecular weight excluding hydrogens is 391 g/mol. The van der Waals surface area contributed by atoms with Crippen molar-refractivity contribution in [2.75, 3.05) is 7.05 Å². The molecule has 27 heavy (non-hydrogen) atoms. The summed E-state index contributed by atoms with van der Waals surface area (Å²) in [7, 11) is -2.63. The maximum Gasteiger partial charge on any atom is 0.244 e. The van der Waals surface area contributed by atoms with Crippen molar-refractivity contribution in [2.24, 2.45) is 5.92 Å². The van der Waals surface area contributed by atoms with Crippen molar-refractivity contribution in [3.05, 3.63) is 64.9 Å². The maximum absolute atomic E-state index is 13.9. The molecule has 5 nitrogen and oxygen atoms in total. The lowest BCUT2D eigenvalue weighted by atomic mass is 10.0. The number of halogens is 2. The topological polar surface area (TPSA) is 66.5 Å². The molecule has 0 aromatic heterocycles. The minimum atomic E-state index is -4.19. The van der Waals surface area contributed by atoms with E-state index in [1.165, 1.54) is 17.0 Å². The summed E-state index contributed by atoms with van der Waals surface area (Å²) in [5.41, 5.74) is 0.745. The summed E-state index contributed by atoms with van der Waals surface area (Å²) in [5, 5.41) is 0.519. The van der Waals surface area contributed by atoms with Gasteiger partial charge >= 0.3 is 0 Å². The maximum atomic E-state index is 13.9. The molecule has 0 saturated heterocycles. The van der Waals surface area contributed by atoms with E-state index in [9.17, 15) is 17.6 Å². The molecule has 0 bridgehead atoms. The SMILES string of the molecule is CC(C)C(NS(=O)(=O)c1ccccc1F)C(=O)N(C)Cc1ccccc1Cl. The quantitative estimate of drug-likeness (QED) is 0.757. The molecule has 0 saturated carbocycles. The van der Waals surface area contributed by atoms with Crippen molar-refractivity contribution >= 4 is 27.5 Å². The normalized spacial score (nSPS) is 12.8. The summed E-state index contributed by atoms with van der Waals surface area (Å²) in [6.45, 7) is 3.66. The van der Waals surface area contributed by atoms with Crippen LogP contribution in [-0.4, -0.2) is 32.3 Å². The molecule has 1 unspecified atom stereocenters. The van der Waals surface area contributed by atoms with Crippen molar-refractivity contribution in [3.8, 4) is 0 Å². The Morgan fingerprint density at radius 3 is 2.33 bits per heavy atom. The fraction of sp³-hybridized carbons (Fsp3) is 0.316. The molecule has 0 radical (unpaired) electrons. The van der Waals surface area contributed by atoms with Crippen LogP contribution < -0.4 is 4.72 Å². The minimum absolute atomic E-state index is 0.225. The molecule has 146 valence electrons. The molecule has 2 aromatic carbocycles. The molecule has 0 aliphatic carbocycles. The van der Waals surface area contributed by atoms with Crippen molar-refractivity contribution in [3.63, 3.8) is 0 Å². The number of hydrogen-bond acceptors (Lipinski definition) is 3. The van der Waals surface area contributed by atoms with Crippen LogP contribution in [0.5, 0.6) is 0 Å². The second-order valence-corrected chi connectivity index (χ2v) is 8.65. The molecule has 2 aromatic rings. The molecule has 1 amide bonds. The summed E-state index contributed by atoms with van der Waals surface area (Å²) in [6, 6.07) is 11.1. The van der Waals surface area contributed by atoms with Crippen LogP contribution in [0, 0.1) is 11.7 Å². The number of likely N-dealkylation sites (N-methyl/N-ethyl adjacent to an activating group) is 1. The van der Waals surface area contributed by atoms with E-state index in [1.54, 1.807) is 45.2 Å². The van der Waals surface area contributed by atoms with E-state index in [0.717, 1.165) is 17.7 Å². The number of amides is 1. The first-order valence-electron chi connectivity index (χ1n) is 8.38. The molecule has 1 N–H and O–H groups in total. The Morgan fingerprint density at radius 1 is 1.15 bits per heavy atom. The van der Waals surface area contributed by atoms with Gasteiger partial charge in [-0.25, -0.2) is 12.8 Å². The predicted molar refractivity (Wildman–Crippen MR) is 103 cm³/mol. The van der Waals surface area contributed by atoms with Crippen molar-refractivity contribution < 1.29 is 17.6 Å². The Bertz CT molecular complexity index is 919. The highest BCUT2D eigenvalue weighted by molar-refractivity contribution is 7.89.